The van der Waals surface area contributed by atoms with Crippen LogP contribution >= 0.6 is 11.3 Å². The van der Waals surface area contributed by atoms with Gasteiger partial charge in [-0.15, -0.1) is 11.3 Å². The van der Waals surface area contributed by atoms with Crippen molar-refractivity contribution in [3.8, 4) is 39.1 Å². The van der Waals surface area contributed by atoms with Gasteiger partial charge in [-0.2, -0.15) is 0 Å². The summed E-state index contributed by atoms with van der Waals surface area (Å²) in [5, 5.41) is 5.16. The van der Waals surface area contributed by atoms with Crippen LogP contribution in [0.15, 0.2) is 164 Å². The third-order valence-electron chi connectivity index (χ3n) is 8.80. The van der Waals surface area contributed by atoms with E-state index < -0.39 is 0 Å². The van der Waals surface area contributed by atoms with E-state index in [9.17, 15) is 0 Å². The molecule has 9 aromatic rings. The zero-order valence-corrected chi connectivity index (χ0v) is 24.8. The standard InChI is InChI=1S/C42H27NS/c1-4-10-28(11-5-1)31-17-22-39-37(24-31)38-25-32(29-12-6-2-7-13-29)18-23-40(38)43(39)34-19-21-36-35-20-16-33(30-14-8-3-9-15-30)26-41(35)44-42(36)27-34/h1-27H. The monoisotopic (exact) mass is 577 g/mol. The first-order valence-electron chi connectivity index (χ1n) is 15.0. The second-order valence-corrected chi connectivity index (χ2v) is 12.5. The summed E-state index contributed by atoms with van der Waals surface area (Å²) < 4.78 is 5.06. The van der Waals surface area contributed by atoms with Crippen molar-refractivity contribution >= 4 is 53.3 Å². The molecule has 0 aliphatic heterocycles. The van der Waals surface area contributed by atoms with Crippen LogP contribution in [0.25, 0.3) is 81.0 Å². The number of hydrogen-bond donors (Lipinski definition) is 0. The van der Waals surface area contributed by atoms with Gasteiger partial charge < -0.3 is 4.57 Å². The minimum Gasteiger partial charge on any atom is -0.309 e. The van der Waals surface area contributed by atoms with E-state index in [0.29, 0.717) is 0 Å². The van der Waals surface area contributed by atoms with Crippen LogP contribution in [-0.2, 0) is 0 Å². The first-order chi connectivity index (χ1) is 21.8. The summed E-state index contributed by atoms with van der Waals surface area (Å²) >= 11 is 1.88. The average Bonchev–Trinajstić information content (AvgIpc) is 3.63. The van der Waals surface area contributed by atoms with Crippen LogP contribution in [0.2, 0.25) is 0 Å². The highest BCUT2D eigenvalue weighted by Crippen LogP contribution is 2.40. The molecule has 0 aliphatic carbocycles. The van der Waals surface area contributed by atoms with Gasteiger partial charge in [0.05, 0.1) is 11.0 Å². The van der Waals surface area contributed by atoms with Gasteiger partial charge in [-0.3, -0.25) is 0 Å². The van der Waals surface area contributed by atoms with Crippen molar-refractivity contribution < 1.29 is 0 Å². The average molecular weight is 578 g/mol. The molecule has 2 aromatic heterocycles. The maximum absolute atomic E-state index is 2.44. The maximum Gasteiger partial charge on any atom is 0.0541 e. The summed E-state index contributed by atoms with van der Waals surface area (Å²) in [5.41, 5.74) is 11.1. The molecule has 2 heteroatoms. The van der Waals surface area contributed by atoms with Crippen molar-refractivity contribution in [3.63, 3.8) is 0 Å². The zero-order chi connectivity index (χ0) is 29.0. The molecule has 0 bridgehead atoms. The predicted molar refractivity (Wildman–Crippen MR) is 190 cm³/mol. The molecule has 7 aromatic carbocycles. The molecule has 0 unspecified atom stereocenters. The lowest BCUT2D eigenvalue weighted by molar-refractivity contribution is 1.19. The number of aromatic nitrogens is 1. The number of rotatable bonds is 4. The Hall–Kier alpha value is -5.44. The lowest BCUT2D eigenvalue weighted by Crippen LogP contribution is -1.93. The van der Waals surface area contributed by atoms with Crippen LogP contribution in [-0.4, -0.2) is 4.57 Å². The van der Waals surface area contributed by atoms with Gasteiger partial charge in [-0.25, -0.2) is 0 Å². The Morgan fingerprint density at radius 1 is 0.318 bits per heavy atom. The van der Waals surface area contributed by atoms with E-state index >= 15 is 0 Å². The normalized spacial score (nSPS) is 11.6. The molecule has 0 amide bonds. The number of thiophene rings is 1. The Labute approximate surface area is 259 Å². The van der Waals surface area contributed by atoms with Gasteiger partial charge in [0.25, 0.3) is 0 Å². The van der Waals surface area contributed by atoms with E-state index in [1.165, 1.54) is 81.0 Å². The van der Waals surface area contributed by atoms with Crippen molar-refractivity contribution in [2.24, 2.45) is 0 Å². The second-order valence-electron chi connectivity index (χ2n) is 11.4. The second kappa shape index (κ2) is 10.1. The van der Waals surface area contributed by atoms with E-state index in [2.05, 4.69) is 168 Å². The summed E-state index contributed by atoms with van der Waals surface area (Å²) in [4.78, 5) is 0. The third-order valence-corrected chi connectivity index (χ3v) is 9.92. The molecule has 0 atom stereocenters. The third kappa shape index (κ3) is 4.07. The molecule has 44 heavy (non-hydrogen) atoms. The van der Waals surface area contributed by atoms with E-state index in [1.807, 2.05) is 11.3 Å². The minimum absolute atomic E-state index is 1.19. The summed E-state index contributed by atoms with van der Waals surface area (Å²) in [6.07, 6.45) is 0. The van der Waals surface area contributed by atoms with Crippen molar-refractivity contribution in [2.75, 3.05) is 0 Å². The molecule has 0 saturated carbocycles. The van der Waals surface area contributed by atoms with E-state index in [4.69, 9.17) is 0 Å². The molecule has 1 nitrogen and oxygen atoms in total. The molecule has 0 spiro atoms. The lowest BCUT2D eigenvalue weighted by atomic mass is 10.0. The molecule has 0 saturated heterocycles. The molecule has 2 heterocycles. The van der Waals surface area contributed by atoms with Crippen LogP contribution < -0.4 is 0 Å². The zero-order valence-electron chi connectivity index (χ0n) is 23.9. The molecule has 9 rings (SSSR count). The smallest absolute Gasteiger partial charge is 0.0541 e. The van der Waals surface area contributed by atoms with Gasteiger partial charge in [-0.1, -0.05) is 121 Å². The van der Waals surface area contributed by atoms with Gasteiger partial charge >= 0.3 is 0 Å². The Bertz CT molecular complexity index is 2370. The fraction of sp³-hybridized carbons (Fsp3) is 0. The van der Waals surface area contributed by atoms with E-state index in [0.717, 1.165) is 0 Å². The number of hydrogen-bond acceptors (Lipinski definition) is 1. The molecule has 206 valence electrons. The largest absolute Gasteiger partial charge is 0.309 e. The van der Waals surface area contributed by atoms with Crippen LogP contribution in [0.5, 0.6) is 0 Å². The molecule has 0 N–H and O–H groups in total. The molecular formula is C42H27NS. The van der Waals surface area contributed by atoms with Gasteiger partial charge in [0.15, 0.2) is 0 Å². The van der Waals surface area contributed by atoms with Gasteiger partial charge in [0, 0.05) is 36.6 Å². The van der Waals surface area contributed by atoms with E-state index in [-0.39, 0.29) is 0 Å². The molecule has 0 aliphatic rings. The van der Waals surface area contributed by atoms with E-state index in [1.54, 1.807) is 0 Å². The number of nitrogens with zero attached hydrogens (tertiary/aromatic N) is 1. The fourth-order valence-corrected chi connectivity index (χ4v) is 7.82. The highest BCUT2D eigenvalue weighted by Gasteiger charge is 2.16. The summed E-state index contributed by atoms with van der Waals surface area (Å²) in [6, 6.07) is 59.7. The van der Waals surface area contributed by atoms with Crippen LogP contribution in [0.3, 0.4) is 0 Å². The first-order valence-corrected chi connectivity index (χ1v) is 15.8. The Morgan fingerprint density at radius 2 is 0.750 bits per heavy atom. The summed E-state index contributed by atoms with van der Waals surface area (Å²) in [5.74, 6) is 0. The topological polar surface area (TPSA) is 4.93 Å². The quantitative estimate of drug-likeness (QED) is 0.196. The Kier molecular flexibility index (Phi) is 5.75. The fourth-order valence-electron chi connectivity index (χ4n) is 6.64. The van der Waals surface area contributed by atoms with Crippen molar-refractivity contribution in [3.05, 3.63) is 164 Å². The molecule has 0 radical (unpaired) electrons. The Balaban J connectivity index is 1.25. The SMILES string of the molecule is c1ccc(-c2ccc3c(c2)sc2cc(-n4c5ccc(-c6ccccc6)cc5c5cc(-c6ccccc6)ccc54)ccc23)cc1. The van der Waals surface area contributed by atoms with Crippen molar-refractivity contribution in [1.29, 1.82) is 0 Å². The van der Waals surface area contributed by atoms with Gasteiger partial charge in [-0.05, 0) is 75.8 Å². The highest BCUT2D eigenvalue weighted by atomic mass is 32.1. The van der Waals surface area contributed by atoms with Crippen molar-refractivity contribution in [1.82, 2.24) is 4.57 Å². The van der Waals surface area contributed by atoms with Crippen LogP contribution in [0, 0.1) is 0 Å². The van der Waals surface area contributed by atoms with Crippen LogP contribution in [0.1, 0.15) is 0 Å². The van der Waals surface area contributed by atoms with Crippen LogP contribution in [0.4, 0.5) is 0 Å². The summed E-state index contributed by atoms with van der Waals surface area (Å²) in [6.45, 7) is 0. The first kappa shape index (κ1) is 25.1. The van der Waals surface area contributed by atoms with Crippen molar-refractivity contribution in [2.45, 2.75) is 0 Å². The number of fused-ring (bicyclic) bond motifs is 6. The highest BCUT2D eigenvalue weighted by molar-refractivity contribution is 7.25. The summed E-state index contributed by atoms with van der Waals surface area (Å²) in [7, 11) is 0. The Morgan fingerprint density at radius 3 is 1.27 bits per heavy atom. The van der Waals surface area contributed by atoms with Gasteiger partial charge in [0.1, 0.15) is 0 Å². The lowest BCUT2D eigenvalue weighted by Gasteiger charge is -2.09. The van der Waals surface area contributed by atoms with Gasteiger partial charge in [0.2, 0.25) is 0 Å². The maximum atomic E-state index is 2.44. The minimum atomic E-state index is 1.19. The predicted octanol–water partition coefficient (Wildman–Crippen LogP) is 12.2. The molecule has 0 fully saturated rings. The number of benzene rings is 7. The molecular weight excluding hydrogens is 551 g/mol.